The number of hydrogen-bond donors (Lipinski definition) is 1. The normalized spacial score (nSPS) is 11.1. The Kier molecular flexibility index (Phi) is 6.56. The Hall–Kier alpha value is -2.84. The van der Waals surface area contributed by atoms with Crippen molar-refractivity contribution in [2.45, 2.75) is 18.4 Å². The molecule has 0 radical (unpaired) electrons. The van der Waals surface area contributed by atoms with Crippen LogP contribution in [0.4, 0.5) is 5.69 Å². The molecule has 3 aromatic rings. The number of carbonyl (C=O) groups is 1. The number of methoxy groups -OCH3 is 1. The predicted molar refractivity (Wildman–Crippen MR) is 115 cm³/mol. The summed E-state index contributed by atoms with van der Waals surface area (Å²) in [6.07, 6.45) is 0. The van der Waals surface area contributed by atoms with Gasteiger partial charge in [-0.3, -0.25) is 9.10 Å². The van der Waals surface area contributed by atoms with Gasteiger partial charge >= 0.3 is 0 Å². The van der Waals surface area contributed by atoms with E-state index >= 15 is 0 Å². The minimum atomic E-state index is -3.93. The minimum absolute atomic E-state index is 0.138. The fourth-order valence-electron chi connectivity index (χ4n) is 2.75. The highest BCUT2D eigenvalue weighted by molar-refractivity contribution is 7.92. The molecule has 0 fully saturated rings. The smallest absolute Gasteiger partial charge is 0.264 e. The van der Waals surface area contributed by atoms with Crippen LogP contribution in [0.2, 0.25) is 0 Å². The molecule has 3 rings (SSSR count). The van der Waals surface area contributed by atoms with E-state index in [1.54, 1.807) is 36.4 Å². The van der Waals surface area contributed by atoms with E-state index < -0.39 is 10.0 Å². The van der Waals surface area contributed by atoms with Crippen molar-refractivity contribution in [1.82, 2.24) is 5.32 Å². The number of hydrogen-bond acceptors (Lipinski definition) is 5. The van der Waals surface area contributed by atoms with Crippen molar-refractivity contribution in [1.29, 1.82) is 0 Å². The molecule has 1 N–H and O–H groups in total. The van der Waals surface area contributed by atoms with E-state index in [1.165, 1.54) is 24.5 Å². The van der Waals surface area contributed by atoms with Crippen molar-refractivity contribution < 1.29 is 17.9 Å². The highest BCUT2D eigenvalue weighted by Crippen LogP contribution is 2.26. The minimum Gasteiger partial charge on any atom is -0.497 e. The highest BCUT2D eigenvalue weighted by Gasteiger charge is 2.27. The number of nitrogens with zero attached hydrogens (tertiary/aromatic N) is 1. The summed E-state index contributed by atoms with van der Waals surface area (Å²) < 4.78 is 32.9. The number of carbonyl (C=O) groups excluding carboxylic acids is 1. The van der Waals surface area contributed by atoms with Crippen molar-refractivity contribution in [3.8, 4) is 5.75 Å². The van der Waals surface area contributed by atoms with Crippen LogP contribution in [0.25, 0.3) is 0 Å². The zero-order chi connectivity index (χ0) is 20.9. The van der Waals surface area contributed by atoms with Gasteiger partial charge in [-0.2, -0.15) is 0 Å². The maximum absolute atomic E-state index is 13.3. The summed E-state index contributed by atoms with van der Waals surface area (Å²) in [4.78, 5) is 13.7. The zero-order valence-corrected chi connectivity index (χ0v) is 17.8. The number of ether oxygens (including phenoxy) is 1. The van der Waals surface area contributed by atoms with Crippen LogP contribution in [-0.2, 0) is 21.4 Å². The Balaban J connectivity index is 1.89. The second-order valence-corrected chi connectivity index (χ2v) is 9.28. The van der Waals surface area contributed by atoms with Gasteiger partial charge in [0.05, 0.1) is 24.2 Å². The first-order valence-corrected chi connectivity index (χ1v) is 11.2. The SMILES string of the molecule is COc1ccc(N(CC(=O)NCc2cccs2)S(=O)(=O)c2cccc(C)c2)cc1. The number of benzene rings is 2. The first-order chi connectivity index (χ1) is 13.9. The first kappa shape index (κ1) is 20.9. The number of sulfonamides is 1. The number of aryl methyl sites for hydroxylation is 1. The van der Waals surface area contributed by atoms with Gasteiger partial charge in [-0.15, -0.1) is 11.3 Å². The van der Waals surface area contributed by atoms with E-state index in [9.17, 15) is 13.2 Å². The molecule has 0 atom stereocenters. The third-order valence-corrected chi connectivity index (χ3v) is 6.91. The second kappa shape index (κ2) is 9.11. The van der Waals surface area contributed by atoms with Gasteiger partial charge in [-0.1, -0.05) is 18.2 Å². The van der Waals surface area contributed by atoms with Crippen molar-refractivity contribution >= 4 is 33.0 Å². The van der Waals surface area contributed by atoms with E-state index in [0.29, 0.717) is 18.0 Å². The van der Waals surface area contributed by atoms with E-state index in [0.717, 1.165) is 14.7 Å². The Bertz CT molecular complexity index is 1060. The molecule has 152 valence electrons. The summed E-state index contributed by atoms with van der Waals surface area (Å²) in [6.45, 7) is 1.86. The van der Waals surface area contributed by atoms with Gasteiger partial charge in [-0.05, 0) is 60.3 Å². The standard InChI is InChI=1S/C21H22N2O4S2/c1-16-5-3-7-20(13-16)29(25,26)23(17-8-10-18(27-2)11-9-17)15-21(24)22-14-19-6-4-12-28-19/h3-13H,14-15H2,1-2H3,(H,22,24). The molecule has 8 heteroatoms. The number of amides is 1. The largest absolute Gasteiger partial charge is 0.497 e. The molecule has 0 aliphatic carbocycles. The molecule has 2 aromatic carbocycles. The highest BCUT2D eigenvalue weighted by atomic mass is 32.2. The molecular weight excluding hydrogens is 408 g/mol. The van der Waals surface area contributed by atoms with Crippen LogP contribution >= 0.6 is 11.3 Å². The van der Waals surface area contributed by atoms with Crippen LogP contribution in [0.3, 0.4) is 0 Å². The molecule has 29 heavy (non-hydrogen) atoms. The van der Waals surface area contributed by atoms with E-state index in [2.05, 4.69) is 5.32 Å². The first-order valence-electron chi connectivity index (χ1n) is 8.92. The third-order valence-electron chi connectivity index (χ3n) is 4.27. The van der Waals surface area contributed by atoms with Crippen molar-refractivity contribution in [2.75, 3.05) is 18.0 Å². The molecule has 1 heterocycles. The van der Waals surface area contributed by atoms with E-state index in [4.69, 9.17) is 4.74 Å². The second-order valence-electron chi connectivity index (χ2n) is 6.38. The lowest BCUT2D eigenvalue weighted by atomic mass is 10.2. The van der Waals surface area contributed by atoms with Crippen LogP contribution < -0.4 is 14.4 Å². The summed E-state index contributed by atoms with van der Waals surface area (Å²) in [5.41, 5.74) is 1.21. The summed E-state index contributed by atoms with van der Waals surface area (Å²) in [6, 6.07) is 17.0. The van der Waals surface area contributed by atoms with Crippen LogP contribution in [0, 0.1) is 6.92 Å². The lowest BCUT2D eigenvalue weighted by Gasteiger charge is -2.24. The van der Waals surface area contributed by atoms with Gasteiger partial charge in [0.25, 0.3) is 10.0 Å². The number of nitrogens with one attached hydrogen (secondary N) is 1. The quantitative estimate of drug-likeness (QED) is 0.593. The fraction of sp³-hybridized carbons (Fsp3) is 0.190. The Morgan fingerprint density at radius 3 is 2.48 bits per heavy atom. The van der Waals surface area contributed by atoms with E-state index in [1.807, 2.05) is 30.5 Å². The Labute approximate surface area is 174 Å². The summed E-state index contributed by atoms with van der Waals surface area (Å²) in [5, 5.41) is 4.71. The molecule has 6 nitrogen and oxygen atoms in total. The number of anilines is 1. The zero-order valence-electron chi connectivity index (χ0n) is 16.2. The molecule has 1 aromatic heterocycles. The van der Waals surface area contributed by atoms with Crippen LogP contribution in [0.1, 0.15) is 10.4 Å². The van der Waals surface area contributed by atoms with Gasteiger partial charge in [0, 0.05) is 4.88 Å². The lowest BCUT2D eigenvalue weighted by molar-refractivity contribution is -0.119. The lowest BCUT2D eigenvalue weighted by Crippen LogP contribution is -2.40. The topological polar surface area (TPSA) is 75.7 Å². The fourth-order valence-corrected chi connectivity index (χ4v) is 4.92. The summed E-state index contributed by atoms with van der Waals surface area (Å²) in [5.74, 6) is 0.217. The van der Waals surface area contributed by atoms with Crippen molar-refractivity contribution in [3.05, 3.63) is 76.5 Å². The average Bonchev–Trinajstić information content (AvgIpc) is 3.24. The maximum atomic E-state index is 13.3. The maximum Gasteiger partial charge on any atom is 0.264 e. The van der Waals surface area contributed by atoms with Crippen LogP contribution in [0.15, 0.2) is 70.9 Å². The monoisotopic (exact) mass is 430 g/mol. The summed E-state index contributed by atoms with van der Waals surface area (Å²) >= 11 is 1.53. The number of rotatable bonds is 8. The predicted octanol–water partition coefficient (Wildman–Crippen LogP) is 3.58. The number of thiophene rings is 1. The molecule has 1 amide bonds. The van der Waals surface area contributed by atoms with Gasteiger partial charge in [0.2, 0.25) is 5.91 Å². The molecule has 0 spiro atoms. The molecule has 0 aliphatic heterocycles. The molecule has 0 saturated heterocycles. The summed E-state index contributed by atoms with van der Waals surface area (Å²) in [7, 11) is -2.39. The molecular formula is C21H22N2O4S2. The molecule has 0 bridgehead atoms. The van der Waals surface area contributed by atoms with Crippen LogP contribution in [-0.4, -0.2) is 28.0 Å². The van der Waals surface area contributed by atoms with Crippen molar-refractivity contribution in [2.24, 2.45) is 0 Å². The average molecular weight is 431 g/mol. The van der Waals surface area contributed by atoms with Gasteiger partial charge in [0.15, 0.2) is 0 Å². The van der Waals surface area contributed by atoms with Gasteiger partial charge in [-0.25, -0.2) is 8.42 Å². The van der Waals surface area contributed by atoms with Gasteiger partial charge in [0.1, 0.15) is 12.3 Å². The van der Waals surface area contributed by atoms with Crippen LogP contribution in [0.5, 0.6) is 5.75 Å². The van der Waals surface area contributed by atoms with Gasteiger partial charge < -0.3 is 10.1 Å². The van der Waals surface area contributed by atoms with E-state index in [-0.39, 0.29) is 17.3 Å². The molecule has 0 unspecified atom stereocenters. The Morgan fingerprint density at radius 1 is 1.10 bits per heavy atom. The van der Waals surface area contributed by atoms with Crippen molar-refractivity contribution in [3.63, 3.8) is 0 Å². The molecule has 0 saturated carbocycles. The Morgan fingerprint density at radius 2 is 1.86 bits per heavy atom. The third kappa shape index (κ3) is 5.16. The molecule has 0 aliphatic rings.